The van der Waals surface area contributed by atoms with Crippen molar-refractivity contribution in [2.45, 2.75) is 29.7 Å². The molecule has 4 rings (SSSR count). The fourth-order valence-electron chi connectivity index (χ4n) is 3.96. The molecular weight excluding hydrogens is 498 g/mol. The second-order valence-corrected chi connectivity index (χ2v) is 17.5. The molecule has 0 spiro atoms. The monoisotopic (exact) mass is 528 g/mol. The Bertz CT molecular complexity index is 838. The molecule has 0 aliphatic rings. The predicted molar refractivity (Wildman–Crippen MR) is 139 cm³/mol. The van der Waals surface area contributed by atoms with Crippen LogP contribution in [0.2, 0.25) is 10.4 Å². The van der Waals surface area contributed by atoms with Crippen molar-refractivity contribution in [3.63, 3.8) is 0 Å². The van der Waals surface area contributed by atoms with E-state index in [1.54, 1.807) is 17.4 Å². The van der Waals surface area contributed by atoms with Crippen LogP contribution in [0.5, 0.6) is 0 Å². The summed E-state index contributed by atoms with van der Waals surface area (Å²) in [5.41, 5.74) is 0. The fraction of sp³-hybridized carbons (Fsp3) is 0.172. The number of hydrogen-bond donors (Lipinski definition) is 0. The van der Waals surface area contributed by atoms with Crippen LogP contribution < -0.4 is 17.4 Å². The Morgan fingerprint density at radius 1 is 0.323 bits per heavy atom. The van der Waals surface area contributed by atoms with Crippen molar-refractivity contribution in [2.24, 2.45) is 0 Å². The molecule has 0 heterocycles. The first-order valence-electron chi connectivity index (χ1n) is 11.2. The summed E-state index contributed by atoms with van der Waals surface area (Å²) in [5, 5.41) is 2.73. The van der Waals surface area contributed by atoms with Gasteiger partial charge in [0.25, 0.3) is 0 Å². The molecule has 0 aromatic heterocycles. The third-order valence-electron chi connectivity index (χ3n) is 5.53. The zero-order valence-electron chi connectivity index (χ0n) is 18.0. The van der Waals surface area contributed by atoms with E-state index in [4.69, 9.17) is 0 Å². The van der Waals surface area contributed by atoms with E-state index in [1.165, 1.54) is 29.7 Å². The Balaban J connectivity index is 1.37. The normalized spacial score (nSPS) is 11.2. The van der Waals surface area contributed by atoms with Crippen molar-refractivity contribution >= 4 is 46.7 Å². The molecule has 31 heavy (non-hydrogen) atoms. The standard InChI is InChI=1S/C29H30As2/c1-6-16-26(17-7-1)30(27-18-8-2-9-19-27)24-14-5-15-25-31(28-20-10-3-11-21-28)29-22-12-4-13-23-29/h1-4,6-13,16-23H,5,14-15,24-25H2. The van der Waals surface area contributed by atoms with Crippen LogP contribution >= 0.6 is 0 Å². The molecule has 0 unspecified atom stereocenters. The van der Waals surface area contributed by atoms with Gasteiger partial charge in [0.15, 0.2) is 0 Å². The van der Waals surface area contributed by atoms with E-state index < -0.39 is 29.3 Å². The van der Waals surface area contributed by atoms with Gasteiger partial charge in [0.1, 0.15) is 0 Å². The van der Waals surface area contributed by atoms with Crippen molar-refractivity contribution in [3.8, 4) is 0 Å². The molecule has 4 aromatic carbocycles. The molecule has 0 nitrogen and oxygen atoms in total. The third kappa shape index (κ3) is 6.49. The van der Waals surface area contributed by atoms with Crippen LogP contribution in [0.25, 0.3) is 0 Å². The first-order chi connectivity index (χ1) is 15.4. The van der Waals surface area contributed by atoms with Gasteiger partial charge in [-0.1, -0.05) is 0 Å². The Kier molecular flexibility index (Phi) is 8.69. The average Bonchev–Trinajstić information content (AvgIpc) is 2.86. The molecule has 0 aliphatic carbocycles. The Labute approximate surface area is 196 Å². The number of benzene rings is 4. The van der Waals surface area contributed by atoms with Crippen molar-refractivity contribution < 1.29 is 0 Å². The number of hydrogen-bond acceptors (Lipinski definition) is 0. The van der Waals surface area contributed by atoms with E-state index in [1.807, 2.05) is 0 Å². The summed E-state index contributed by atoms with van der Waals surface area (Å²) >= 11 is -2.41. The summed E-state index contributed by atoms with van der Waals surface area (Å²) in [6, 6.07) is 45.0. The SMILES string of the molecule is c1ccc([As](CCCCC[As](c2ccccc2)c2ccccc2)c2ccccc2)cc1. The van der Waals surface area contributed by atoms with E-state index >= 15 is 0 Å². The van der Waals surface area contributed by atoms with Crippen molar-refractivity contribution in [1.82, 2.24) is 0 Å². The van der Waals surface area contributed by atoms with Crippen LogP contribution in [0.3, 0.4) is 0 Å². The van der Waals surface area contributed by atoms with Crippen molar-refractivity contribution in [1.29, 1.82) is 0 Å². The van der Waals surface area contributed by atoms with Gasteiger partial charge in [0.05, 0.1) is 0 Å². The zero-order chi connectivity index (χ0) is 21.1. The van der Waals surface area contributed by atoms with Gasteiger partial charge in [-0.25, -0.2) is 0 Å². The summed E-state index contributed by atoms with van der Waals surface area (Å²) < 4.78 is 6.34. The molecule has 0 amide bonds. The van der Waals surface area contributed by atoms with Gasteiger partial charge in [-0.05, 0) is 0 Å². The van der Waals surface area contributed by atoms with Crippen molar-refractivity contribution in [3.05, 3.63) is 121 Å². The number of rotatable bonds is 10. The minimum absolute atomic E-state index is 1.21. The van der Waals surface area contributed by atoms with Crippen LogP contribution in [-0.4, -0.2) is 29.3 Å². The minimum atomic E-state index is -1.21. The molecule has 2 heteroatoms. The van der Waals surface area contributed by atoms with E-state index in [0.29, 0.717) is 0 Å². The predicted octanol–water partition coefficient (Wildman–Crippen LogP) is 4.78. The number of unbranched alkanes of at least 4 members (excludes halogenated alkanes) is 2. The molecule has 156 valence electrons. The molecule has 0 saturated heterocycles. The van der Waals surface area contributed by atoms with Gasteiger partial charge in [-0.15, -0.1) is 0 Å². The van der Waals surface area contributed by atoms with Gasteiger partial charge in [-0.2, -0.15) is 0 Å². The summed E-state index contributed by atoms with van der Waals surface area (Å²) in [7, 11) is 0. The quantitative estimate of drug-likeness (QED) is 0.206. The fourth-order valence-corrected chi connectivity index (χ4v) is 14.1. The third-order valence-corrected chi connectivity index (χ3v) is 16.5. The second kappa shape index (κ2) is 12.1. The summed E-state index contributed by atoms with van der Waals surface area (Å²) in [5.74, 6) is 0. The molecule has 0 atom stereocenters. The molecule has 0 radical (unpaired) electrons. The topological polar surface area (TPSA) is 0 Å². The average molecular weight is 528 g/mol. The Morgan fingerprint density at radius 2 is 0.581 bits per heavy atom. The molecule has 4 aromatic rings. The van der Waals surface area contributed by atoms with E-state index in [9.17, 15) is 0 Å². The second-order valence-electron chi connectivity index (χ2n) is 7.71. The summed E-state index contributed by atoms with van der Waals surface area (Å²) in [6.45, 7) is 0. The van der Waals surface area contributed by atoms with Gasteiger partial charge in [-0.3, -0.25) is 0 Å². The van der Waals surface area contributed by atoms with Gasteiger partial charge in [0.2, 0.25) is 0 Å². The van der Waals surface area contributed by atoms with E-state index in [0.717, 1.165) is 0 Å². The van der Waals surface area contributed by atoms with Crippen LogP contribution in [0.1, 0.15) is 19.3 Å². The van der Waals surface area contributed by atoms with Crippen LogP contribution in [-0.2, 0) is 0 Å². The maximum atomic E-state index is 2.35. The summed E-state index contributed by atoms with van der Waals surface area (Å²) in [6.07, 6.45) is 4.03. The molecule has 0 fully saturated rings. The molecule has 0 aliphatic heterocycles. The van der Waals surface area contributed by atoms with Crippen molar-refractivity contribution in [2.75, 3.05) is 0 Å². The first kappa shape index (κ1) is 22.2. The maximum absolute atomic E-state index is 2.35. The van der Waals surface area contributed by atoms with Gasteiger partial charge in [0, 0.05) is 0 Å². The van der Waals surface area contributed by atoms with Gasteiger partial charge < -0.3 is 0 Å². The van der Waals surface area contributed by atoms with Gasteiger partial charge >= 0.3 is 198 Å². The molecule has 0 N–H and O–H groups in total. The first-order valence-corrected chi connectivity index (χ1v) is 17.6. The zero-order valence-corrected chi connectivity index (χ0v) is 21.7. The molecular formula is C29H30As2. The Hall–Kier alpha value is -2.00. The van der Waals surface area contributed by atoms with Crippen LogP contribution in [0.15, 0.2) is 121 Å². The molecule has 0 bridgehead atoms. The molecule has 0 saturated carbocycles. The summed E-state index contributed by atoms with van der Waals surface area (Å²) in [4.78, 5) is 0. The van der Waals surface area contributed by atoms with E-state index in [2.05, 4.69) is 121 Å². The van der Waals surface area contributed by atoms with Crippen LogP contribution in [0.4, 0.5) is 0 Å². The van der Waals surface area contributed by atoms with Crippen LogP contribution in [0, 0.1) is 0 Å². The Morgan fingerprint density at radius 3 is 0.839 bits per heavy atom. The van der Waals surface area contributed by atoms with E-state index in [-0.39, 0.29) is 0 Å².